The van der Waals surface area contributed by atoms with E-state index in [0.717, 1.165) is 31.2 Å². The van der Waals surface area contributed by atoms with Gasteiger partial charge in [-0.25, -0.2) is 4.79 Å². The van der Waals surface area contributed by atoms with Gasteiger partial charge >= 0.3 is 6.03 Å². The summed E-state index contributed by atoms with van der Waals surface area (Å²) in [4.78, 5) is 42.3. The number of piperazine rings is 1. The first-order valence-electron chi connectivity index (χ1n) is 12.1. The number of nitrogens with one attached hydrogen (secondary N) is 1. The largest absolute Gasteiger partial charge is 0.497 e. The topological polar surface area (TPSA) is 114 Å². The third kappa shape index (κ3) is 6.33. The van der Waals surface area contributed by atoms with Crippen LogP contribution in [0.4, 0.5) is 4.79 Å². The molecule has 0 bridgehead atoms. The van der Waals surface area contributed by atoms with Crippen LogP contribution in [-0.4, -0.2) is 66.5 Å². The minimum absolute atomic E-state index is 0.00209. The fourth-order valence-corrected chi connectivity index (χ4v) is 5.02. The molecule has 1 saturated carbocycles. The maximum absolute atomic E-state index is 13.7. The smallest absolute Gasteiger partial charge is 0.318 e. The fourth-order valence-electron chi connectivity index (χ4n) is 5.02. The number of hydrogen-bond donors (Lipinski definition) is 2. The van der Waals surface area contributed by atoms with Gasteiger partial charge in [-0.1, -0.05) is 26.7 Å². The van der Waals surface area contributed by atoms with E-state index in [9.17, 15) is 14.4 Å². The van der Waals surface area contributed by atoms with Crippen molar-refractivity contribution in [2.75, 3.05) is 20.8 Å². The van der Waals surface area contributed by atoms with Gasteiger partial charge in [0.05, 0.1) is 20.3 Å². The Morgan fingerprint density at radius 3 is 2.26 bits per heavy atom. The van der Waals surface area contributed by atoms with Crippen molar-refractivity contribution in [3.05, 3.63) is 23.8 Å². The van der Waals surface area contributed by atoms with Crippen molar-refractivity contribution in [3.63, 3.8) is 0 Å². The van der Waals surface area contributed by atoms with Gasteiger partial charge in [0.25, 0.3) is 0 Å². The highest BCUT2D eigenvalue weighted by Crippen LogP contribution is 2.29. The molecule has 1 heterocycles. The maximum Gasteiger partial charge on any atom is 0.318 e. The molecule has 1 aromatic carbocycles. The summed E-state index contributed by atoms with van der Waals surface area (Å²) in [5.41, 5.74) is 6.41. The number of urea groups is 1. The molecule has 2 unspecified atom stereocenters. The molecule has 0 radical (unpaired) electrons. The minimum atomic E-state index is -0.660. The van der Waals surface area contributed by atoms with Crippen LogP contribution >= 0.6 is 0 Å². The van der Waals surface area contributed by atoms with Crippen LogP contribution in [0.3, 0.4) is 0 Å². The van der Waals surface area contributed by atoms with Crippen molar-refractivity contribution in [1.29, 1.82) is 0 Å². The van der Waals surface area contributed by atoms with Crippen molar-refractivity contribution >= 4 is 17.8 Å². The van der Waals surface area contributed by atoms with Crippen molar-refractivity contribution in [1.82, 2.24) is 15.1 Å². The molecule has 188 valence electrons. The van der Waals surface area contributed by atoms with E-state index in [1.807, 2.05) is 26.0 Å². The molecule has 3 N–H and O–H groups in total. The fraction of sp³-hybridized carbons (Fsp3) is 0.640. The number of benzene rings is 1. The second kappa shape index (κ2) is 11.4. The van der Waals surface area contributed by atoms with Gasteiger partial charge in [0, 0.05) is 31.6 Å². The van der Waals surface area contributed by atoms with Crippen LogP contribution in [0.2, 0.25) is 0 Å². The van der Waals surface area contributed by atoms with E-state index in [1.165, 1.54) is 0 Å². The molecule has 2 fully saturated rings. The molecule has 0 aromatic heterocycles. The van der Waals surface area contributed by atoms with Gasteiger partial charge in [-0.15, -0.1) is 0 Å². The monoisotopic (exact) mass is 474 g/mol. The van der Waals surface area contributed by atoms with Crippen molar-refractivity contribution < 1.29 is 23.9 Å². The van der Waals surface area contributed by atoms with Gasteiger partial charge in [-0.3, -0.25) is 9.59 Å². The van der Waals surface area contributed by atoms with Crippen LogP contribution in [-0.2, 0) is 16.1 Å². The highest BCUT2D eigenvalue weighted by Gasteiger charge is 2.44. The Balaban J connectivity index is 1.89. The van der Waals surface area contributed by atoms with Crippen LogP contribution < -0.4 is 20.5 Å². The summed E-state index contributed by atoms with van der Waals surface area (Å²) in [5, 5.41) is 3.10. The minimum Gasteiger partial charge on any atom is -0.497 e. The Bertz CT molecular complexity index is 862. The van der Waals surface area contributed by atoms with Gasteiger partial charge in [0.15, 0.2) is 0 Å². The normalized spacial score (nSPS) is 21.1. The lowest BCUT2D eigenvalue weighted by Gasteiger charge is -2.46. The first-order valence-corrected chi connectivity index (χ1v) is 12.1. The molecule has 1 aliphatic heterocycles. The van der Waals surface area contributed by atoms with Crippen LogP contribution in [0.1, 0.15) is 57.9 Å². The summed E-state index contributed by atoms with van der Waals surface area (Å²) in [6.45, 7) is 4.59. The number of ether oxygens (including phenoxy) is 2. The second-order valence-electron chi connectivity index (χ2n) is 9.75. The molecule has 4 amide bonds. The van der Waals surface area contributed by atoms with Gasteiger partial charge in [-0.05, 0) is 42.9 Å². The molecule has 1 aromatic rings. The highest BCUT2D eigenvalue weighted by molar-refractivity contribution is 5.89. The number of amides is 4. The zero-order valence-corrected chi connectivity index (χ0v) is 20.7. The zero-order chi connectivity index (χ0) is 24.8. The first-order chi connectivity index (χ1) is 16.2. The van der Waals surface area contributed by atoms with Gasteiger partial charge in [0.2, 0.25) is 11.8 Å². The Hall–Kier alpha value is -2.97. The summed E-state index contributed by atoms with van der Waals surface area (Å²) >= 11 is 0. The van der Waals surface area contributed by atoms with Gasteiger partial charge < -0.3 is 30.3 Å². The van der Waals surface area contributed by atoms with Crippen LogP contribution in [0.25, 0.3) is 0 Å². The van der Waals surface area contributed by atoms with Crippen LogP contribution in [0.5, 0.6) is 11.5 Å². The predicted octanol–water partition coefficient (Wildman–Crippen LogP) is 2.66. The van der Waals surface area contributed by atoms with E-state index in [2.05, 4.69) is 5.32 Å². The van der Waals surface area contributed by atoms with E-state index < -0.39 is 18.0 Å². The summed E-state index contributed by atoms with van der Waals surface area (Å²) in [6, 6.07) is 4.16. The molecule has 2 atom stereocenters. The van der Waals surface area contributed by atoms with E-state index >= 15 is 0 Å². The average Bonchev–Trinajstić information content (AvgIpc) is 3.28. The molecule has 1 saturated heterocycles. The summed E-state index contributed by atoms with van der Waals surface area (Å²) in [5.74, 6) is 0.816. The second-order valence-corrected chi connectivity index (χ2v) is 9.75. The zero-order valence-electron chi connectivity index (χ0n) is 20.7. The number of carbonyl (C=O) groups excluding carboxylic acids is 3. The third-order valence-corrected chi connectivity index (χ3v) is 6.59. The number of nitrogens with two attached hydrogens (primary N) is 1. The maximum atomic E-state index is 13.7. The lowest BCUT2D eigenvalue weighted by atomic mass is 9.94. The lowest BCUT2D eigenvalue weighted by Crippen LogP contribution is -2.66. The molecule has 2 aliphatic rings. The Morgan fingerprint density at radius 2 is 1.74 bits per heavy atom. The van der Waals surface area contributed by atoms with E-state index in [0.29, 0.717) is 24.5 Å². The number of rotatable bonds is 9. The third-order valence-electron chi connectivity index (χ3n) is 6.59. The summed E-state index contributed by atoms with van der Waals surface area (Å²) in [7, 11) is 3.15. The average molecular weight is 475 g/mol. The number of hydrogen-bond acceptors (Lipinski definition) is 5. The Labute approximate surface area is 201 Å². The molecule has 9 nitrogen and oxygen atoms in total. The molecular formula is C25H38N4O5. The summed E-state index contributed by atoms with van der Waals surface area (Å²) in [6.07, 6.45) is 4.55. The standard InChI is InChI=1S/C25H38N4O5/c1-16(2)9-22-24(31)28(14-17-10-20(33-3)13-21(11-17)34-4)15-19(12-23(26)30)29(22)25(32)27-18-7-5-6-8-18/h10-11,13,16,18-19,22H,5-9,12,14-15H2,1-4H3,(H2,26,30)(H,27,32). The Morgan fingerprint density at radius 1 is 1.12 bits per heavy atom. The van der Waals surface area contributed by atoms with Gasteiger partial charge in [0.1, 0.15) is 17.5 Å². The number of primary amides is 1. The molecular weight excluding hydrogens is 436 g/mol. The SMILES string of the molecule is COc1cc(CN2CC(CC(N)=O)N(C(=O)NC3CCCC3)C(CC(C)C)C2=O)cc(OC)c1. The lowest BCUT2D eigenvalue weighted by molar-refractivity contribution is -0.145. The van der Waals surface area contributed by atoms with Crippen LogP contribution in [0, 0.1) is 5.92 Å². The first kappa shape index (κ1) is 25.6. The summed E-state index contributed by atoms with van der Waals surface area (Å²) < 4.78 is 10.7. The number of methoxy groups -OCH3 is 2. The molecule has 3 rings (SSSR count). The predicted molar refractivity (Wildman–Crippen MR) is 128 cm³/mol. The van der Waals surface area contributed by atoms with Gasteiger partial charge in [-0.2, -0.15) is 0 Å². The van der Waals surface area contributed by atoms with E-state index in [1.54, 1.807) is 30.1 Å². The number of nitrogens with zero attached hydrogens (tertiary/aromatic N) is 2. The molecule has 34 heavy (non-hydrogen) atoms. The highest BCUT2D eigenvalue weighted by atomic mass is 16.5. The molecule has 0 spiro atoms. The van der Waals surface area contributed by atoms with Crippen molar-refractivity contribution in [2.24, 2.45) is 11.7 Å². The number of carbonyl (C=O) groups is 3. The quantitative estimate of drug-likeness (QED) is 0.571. The van der Waals surface area contributed by atoms with Crippen LogP contribution in [0.15, 0.2) is 18.2 Å². The Kier molecular flexibility index (Phi) is 8.63. The van der Waals surface area contributed by atoms with E-state index in [-0.39, 0.29) is 36.9 Å². The van der Waals surface area contributed by atoms with Crippen molar-refractivity contribution in [3.8, 4) is 11.5 Å². The molecule has 1 aliphatic carbocycles. The molecule has 9 heteroatoms. The van der Waals surface area contributed by atoms with Crippen molar-refractivity contribution in [2.45, 2.75) is 77.0 Å². The van der Waals surface area contributed by atoms with E-state index in [4.69, 9.17) is 15.2 Å².